The van der Waals surface area contributed by atoms with Gasteiger partial charge in [0, 0.05) is 6.66 Å². The zero-order chi connectivity index (χ0) is 7.19. The lowest BCUT2D eigenvalue weighted by Gasteiger charge is -2.03. The highest BCUT2D eigenvalue weighted by Crippen LogP contribution is 2.54. The van der Waals surface area contributed by atoms with E-state index in [-0.39, 0.29) is 12.2 Å². The van der Waals surface area contributed by atoms with Crippen LogP contribution in [0.25, 0.3) is 0 Å². The van der Waals surface area contributed by atoms with Gasteiger partial charge in [-0.05, 0) is 0 Å². The first-order valence-electron chi connectivity index (χ1n) is 3.19. The number of hydrogen-bond donors (Lipinski definition) is 0. The summed E-state index contributed by atoms with van der Waals surface area (Å²) in [4.78, 5) is 0. The summed E-state index contributed by atoms with van der Waals surface area (Å²) in [6.07, 6.45) is -0.174. The Morgan fingerprint density at radius 1 is 1.30 bits per heavy atom. The number of hydrogen-bond acceptors (Lipinski definition) is 4. The number of fused-ring (bicyclic) bond motifs is 1. The normalized spacial score (nSPS) is 53.3. The van der Waals surface area contributed by atoms with Crippen molar-refractivity contribution in [3.8, 4) is 0 Å². The van der Waals surface area contributed by atoms with E-state index in [2.05, 4.69) is 0 Å². The highest BCUT2D eigenvalue weighted by atomic mass is 31.2. The molecule has 2 unspecified atom stereocenters. The third-order valence-electron chi connectivity index (χ3n) is 1.63. The molecule has 0 aromatic rings. The molecule has 0 amide bonds. The third kappa shape index (κ3) is 1.01. The fourth-order valence-electron chi connectivity index (χ4n) is 1.23. The Labute approximate surface area is 59.0 Å². The summed E-state index contributed by atoms with van der Waals surface area (Å²) in [6, 6.07) is 0. The van der Waals surface area contributed by atoms with Crippen LogP contribution in [0.4, 0.5) is 0 Å². The van der Waals surface area contributed by atoms with Gasteiger partial charge >= 0.3 is 7.60 Å². The molecule has 4 nitrogen and oxygen atoms in total. The Morgan fingerprint density at radius 3 is 2.30 bits per heavy atom. The fraction of sp³-hybridized carbons (Fsp3) is 1.00. The van der Waals surface area contributed by atoms with E-state index < -0.39 is 7.60 Å². The summed E-state index contributed by atoms with van der Waals surface area (Å²) in [5, 5.41) is 0. The van der Waals surface area contributed by atoms with Crippen LogP contribution in [0.3, 0.4) is 0 Å². The Kier molecular flexibility index (Phi) is 1.39. The lowest BCUT2D eigenvalue weighted by atomic mass is 10.3. The average Bonchev–Trinajstić information content (AvgIpc) is 2.20. The zero-order valence-corrected chi connectivity index (χ0v) is 6.54. The molecule has 2 heterocycles. The molecule has 58 valence electrons. The predicted molar refractivity (Wildman–Crippen MR) is 34.1 cm³/mol. The Hall–Kier alpha value is 0.110. The van der Waals surface area contributed by atoms with Crippen LogP contribution in [-0.2, 0) is 18.3 Å². The molecule has 2 atom stereocenters. The Balaban J connectivity index is 2.14. The second-order valence-electron chi connectivity index (χ2n) is 2.60. The number of ether oxygens (including phenoxy) is 1. The van der Waals surface area contributed by atoms with E-state index in [0.29, 0.717) is 13.2 Å². The molecule has 0 N–H and O–H groups in total. The van der Waals surface area contributed by atoms with E-state index in [1.54, 1.807) is 0 Å². The van der Waals surface area contributed by atoms with Crippen molar-refractivity contribution in [2.45, 2.75) is 12.2 Å². The molecule has 10 heavy (non-hydrogen) atoms. The van der Waals surface area contributed by atoms with Gasteiger partial charge in [-0.15, -0.1) is 0 Å². The Bertz CT molecular complexity index is 176. The van der Waals surface area contributed by atoms with Crippen molar-refractivity contribution >= 4 is 7.60 Å². The molecular formula is C5H9O4P. The molecule has 0 saturated carbocycles. The van der Waals surface area contributed by atoms with E-state index in [0.717, 1.165) is 0 Å². The minimum atomic E-state index is -2.70. The second kappa shape index (κ2) is 2.05. The fourth-order valence-corrected chi connectivity index (χ4v) is 2.66. The summed E-state index contributed by atoms with van der Waals surface area (Å²) in [6.45, 7) is 2.52. The van der Waals surface area contributed by atoms with Crippen molar-refractivity contribution in [2.75, 3.05) is 19.9 Å². The standard InChI is InChI=1S/C5H9O4P/c1-10(6)8-4-2-7-3-5(4)9-10/h4-5H,2-3H2,1H3. The van der Waals surface area contributed by atoms with Crippen molar-refractivity contribution in [1.82, 2.24) is 0 Å². The minimum Gasteiger partial charge on any atom is -0.376 e. The molecule has 2 saturated heterocycles. The van der Waals surface area contributed by atoms with Gasteiger partial charge < -0.3 is 13.8 Å². The summed E-state index contributed by atoms with van der Waals surface area (Å²) in [5.41, 5.74) is 0. The van der Waals surface area contributed by atoms with E-state index in [1.807, 2.05) is 0 Å². The molecule has 2 fully saturated rings. The van der Waals surface area contributed by atoms with Crippen LogP contribution in [0.5, 0.6) is 0 Å². The molecule has 0 aromatic carbocycles. The van der Waals surface area contributed by atoms with Gasteiger partial charge in [0.25, 0.3) is 0 Å². The highest BCUT2D eigenvalue weighted by molar-refractivity contribution is 7.53. The SMILES string of the molecule is CP1(=O)OC2COCC2O1. The van der Waals surface area contributed by atoms with Crippen molar-refractivity contribution < 1.29 is 18.3 Å². The van der Waals surface area contributed by atoms with Crippen LogP contribution in [0.15, 0.2) is 0 Å². The van der Waals surface area contributed by atoms with Gasteiger partial charge in [-0.2, -0.15) is 0 Å². The maximum Gasteiger partial charge on any atom is 0.328 e. The molecule has 0 aromatic heterocycles. The maximum atomic E-state index is 11.1. The summed E-state index contributed by atoms with van der Waals surface area (Å²) >= 11 is 0. The number of rotatable bonds is 0. The second-order valence-corrected chi connectivity index (χ2v) is 4.56. The van der Waals surface area contributed by atoms with Crippen molar-refractivity contribution in [3.63, 3.8) is 0 Å². The lowest BCUT2D eigenvalue weighted by Crippen LogP contribution is -2.18. The molecule has 0 aliphatic carbocycles. The highest BCUT2D eigenvalue weighted by Gasteiger charge is 2.44. The van der Waals surface area contributed by atoms with E-state index in [1.165, 1.54) is 6.66 Å². The molecule has 0 spiro atoms. The molecular weight excluding hydrogens is 155 g/mol. The molecule has 5 heteroatoms. The van der Waals surface area contributed by atoms with Gasteiger partial charge in [0.05, 0.1) is 13.2 Å². The topological polar surface area (TPSA) is 44.8 Å². The van der Waals surface area contributed by atoms with Gasteiger partial charge in [-0.25, -0.2) is 0 Å². The van der Waals surface area contributed by atoms with Crippen LogP contribution in [0, 0.1) is 0 Å². The average molecular weight is 164 g/mol. The summed E-state index contributed by atoms with van der Waals surface area (Å²) in [5.74, 6) is 0. The van der Waals surface area contributed by atoms with Gasteiger partial charge in [-0.3, -0.25) is 4.57 Å². The van der Waals surface area contributed by atoms with Crippen LogP contribution >= 0.6 is 7.60 Å². The van der Waals surface area contributed by atoms with Gasteiger partial charge in [0.15, 0.2) is 0 Å². The zero-order valence-electron chi connectivity index (χ0n) is 5.65. The minimum absolute atomic E-state index is 0.0872. The maximum absolute atomic E-state index is 11.1. The van der Waals surface area contributed by atoms with Crippen molar-refractivity contribution in [3.05, 3.63) is 0 Å². The largest absolute Gasteiger partial charge is 0.376 e. The monoisotopic (exact) mass is 164 g/mol. The first-order chi connectivity index (χ1) is 4.67. The van der Waals surface area contributed by atoms with Crippen molar-refractivity contribution in [2.24, 2.45) is 0 Å². The molecule has 0 radical (unpaired) electrons. The van der Waals surface area contributed by atoms with E-state index in [4.69, 9.17) is 13.8 Å². The predicted octanol–water partition coefficient (Wildman–Crippen LogP) is 0.623. The Morgan fingerprint density at radius 2 is 1.80 bits per heavy atom. The van der Waals surface area contributed by atoms with Crippen LogP contribution < -0.4 is 0 Å². The molecule has 0 bridgehead atoms. The molecule has 2 aliphatic rings. The lowest BCUT2D eigenvalue weighted by molar-refractivity contribution is 0.132. The summed E-state index contributed by atoms with van der Waals surface area (Å²) in [7, 11) is -2.70. The van der Waals surface area contributed by atoms with Crippen LogP contribution in [0.1, 0.15) is 0 Å². The summed E-state index contributed by atoms with van der Waals surface area (Å²) < 4.78 is 26.3. The van der Waals surface area contributed by atoms with Crippen LogP contribution in [0.2, 0.25) is 0 Å². The van der Waals surface area contributed by atoms with Gasteiger partial charge in [-0.1, -0.05) is 0 Å². The first kappa shape index (κ1) is 6.80. The van der Waals surface area contributed by atoms with Gasteiger partial charge in [0.2, 0.25) is 0 Å². The van der Waals surface area contributed by atoms with E-state index >= 15 is 0 Å². The molecule has 2 rings (SSSR count). The first-order valence-corrected chi connectivity index (χ1v) is 5.18. The smallest absolute Gasteiger partial charge is 0.328 e. The van der Waals surface area contributed by atoms with Crippen LogP contribution in [-0.4, -0.2) is 32.1 Å². The van der Waals surface area contributed by atoms with Gasteiger partial charge in [0.1, 0.15) is 12.2 Å². The third-order valence-corrected chi connectivity index (χ3v) is 2.94. The van der Waals surface area contributed by atoms with Crippen molar-refractivity contribution in [1.29, 1.82) is 0 Å². The molecule has 2 aliphatic heterocycles. The van der Waals surface area contributed by atoms with E-state index in [9.17, 15) is 4.57 Å². The quantitative estimate of drug-likeness (QED) is 0.492.